The number of aromatic carboxylic acids is 1. The van der Waals surface area contributed by atoms with Crippen molar-refractivity contribution in [2.75, 3.05) is 27.2 Å². The highest BCUT2D eigenvalue weighted by molar-refractivity contribution is 7.15. The number of rotatable bonds is 6. The molecule has 0 spiro atoms. The first kappa shape index (κ1) is 45.8. The summed E-state index contributed by atoms with van der Waals surface area (Å²) in [4.78, 5) is 29.0. The molecule has 5 nitrogen and oxygen atoms in total. The number of carbonyl (C=O) groups excluding carboxylic acids is 1. The topological polar surface area (TPSA) is 69.6 Å². The van der Waals surface area contributed by atoms with Crippen molar-refractivity contribution in [3.63, 3.8) is 0 Å². The van der Waals surface area contributed by atoms with Crippen molar-refractivity contribution in [3.8, 4) is 38.5 Å². The summed E-state index contributed by atoms with van der Waals surface area (Å²) >= 11 is 1.44. The number of likely N-dealkylation sites (N-methyl/N-ethyl adjacent to an activating group) is 1. The summed E-state index contributed by atoms with van der Waals surface area (Å²) in [6.07, 6.45) is 40.4. The van der Waals surface area contributed by atoms with E-state index in [1.54, 1.807) is 12.1 Å². The van der Waals surface area contributed by atoms with Crippen LogP contribution in [0.5, 0.6) is 0 Å². The van der Waals surface area contributed by atoms with Gasteiger partial charge in [-0.15, -0.1) is 56.5 Å². The fourth-order valence-corrected chi connectivity index (χ4v) is 12.3. The molecule has 1 aromatic heterocycles. The largest absolute Gasteiger partial charge is 0.477 e. The first-order chi connectivity index (χ1) is 24.4. The highest BCUT2D eigenvalue weighted by atomic mass is 32.1. The molecule has 0 bridgehead atoms. The number of fused-ring (bicyclic) bond motifs is 7. The van der Waals surface area contributed by atoms with Crippen LogP contribution in [0.2, 0.25) is 0 Å². The number of amides is 1. The van der Waals surface area contributed by atoms with E-state index < -0.39 is 5.97 Å². The molecule has 1 heterocycles. The Morgan fingerprint density at radius 1 is 0.922 bits per heavy atom. The number of carboxylic acids is 1. The van der Waals surface area contributed by atoms with Gasteiger partial charge in [-0.05, 0) is 143 Å². The molecule has 1 amide bonds. The van der Waals surface area contributed by atoms with Gasteiger partial charge in [-0.1, -0.05) is 53.2 Å². The minimum absolute atomic E-state index is 0.0350. The minimum Gasteiger partial charge on any atom is -0.477 e. The third-order valence-electron chi connectivity index (χ3n) is 12.8. The molecule has 6 heteroatoms. The molecule has 51 heavy (non-hydrogen) atoms. The molecule has 0 aromatic carbocycles. The Balaban J connectivity index is 0.00000107. The average molecular weight is 717 g/mol. The summed E-state index contributed by atoms with van der Waals surface area (Å²) in [5, 5.41) is 12.9. The zero-order valence-electron chi connectivity index (χ0n) is 33.0. The molecule has 6 unspecified atom stereocenters. The van der Waals surface area contributed by atoms with Gasteiger partial charge in [-0.2, -0.15) is 0 Å². The van der Waals surface area contributed by atoms with Crippen molar-refractivity contribution in [1.29, 1.82) is 0 Å². The Morgan fingerprint density at radius 2 is 1.51 bits per heavy atom. The maximum absolute atomic E-state index is 13.7. The van der Waals surface area contributed by atoms with Crippen LogP contribution in [0, 0.1) is 90.3 Å². The molecule has 6 rings (SSSR count). The van der Waals surface area contributed by atoms with E-state index in [-0.39, 0.29) is 10.8 Å². The van der Waals surface area contributed by atoms with Crippen molar-refractivity contribution in [1.82, 2.24) is 10.2 Å². The molecule has 2 N–H and O–H groups in total. The Bertz CT molecular complexity index is 1350. The number of terminal acetylenes is 3. The molecule has 4 fully saturated rings. The van der Waals surface area contributed by atoms with Crippen molar-refractivity contribution in [3.05, 3.63) is 40.6 Å². The Morgan fingerprint density at radius 3 is 2.08 bits per heavy atom. The molecule has 5 aliphatic rings. The van der Waals surface area contributed by atoms with E-state index in [0.29, 0.717) is 28.0 Å². The van der Waals surface area contributed by atoms with Crippen molar-refractivity contribution in [2.45, 2.75) is 106 Å². The van der Waals surface area contributed by atoms with Gasteiger partial charge in [0.15, 0.2) is 0 Å². The molecule has 4 saturated carbocycles. The SMILES string of the molecule is C#C.C#C.C#C.C=CC.CC.CN(C)CCNC(=O)[C@]12CCCC1C1CCC3C(CCC4C(C)(C)C(c5ccc(C(=O)O)s5)=CC[C@]34C)C1CC2. The molecule has 0 radical (unpaired) electrons. The lowest BCUT2D eigenvalue weighted by atomic mass is 9.41. The Kier molecular flexibility index (Phi) is 18.6. The third kappa shape index (κ3) is 9.23. The zero-order valence-corrected chi connectivity index (χ0v) is 33.9. The molecule has 0 aliphatic heterocycles. The average Bonchev–Trinajstić information content (AvgIpc) is 3.81. The molecular formula is C45H68N2O3S. The first-order valence-corrected chi connectivity index (χ1v) is 19.8. The second kappa shape index (κ2) is 20.7. The summed E-state index contributed by atoms with van der Waals surface area (Å²) in [5.41, 5.74) is 1.59. The predicted molar refractivity (Wildman–Crippen MR) is 219 cm³/mol. The van der Waals surface area contributed by atoms with E-state index in [4.69, 9.17) is 0 Å². The van der Waals surface area contributed by atoms with Crippen molar-refractivity contribution < 1.29 is 14.7 Å². The monoisotopic (exact) mass is 716 g/mol. The maximum atomic E-state index is 13.7. The van der Waals surface area contributed by atoms with Crippen LogP contribution in [0.3, 0.4) is 0 Å². The molecule has 8 atom stereocenters. The zero-order chi connectivity index (χ0) is 39.2. The van der Waals surface area contributed by atoms with Gasteiger partial charge in [0.25, 0.3) is 0 Å². The van der Waals surface area contributed by atoms with Gasteiger partial charge >= 0.3 is 5.97 Å². The fourth-order valence-electron chi connectivity index (χ4n) is 11.2. The van der Waals surface area contributed by atoms with E-state index in [1.165, 1.54) is 61.9 Å². The van der Waals surface area contributed by atoms with Crippen LogP contribution in [0.1, 0.15) is 120 Å². The summed E-state index contributed by atoms with van der Waals surface area (Å²) in [5.74, 6) is 3.79. The van der Waals surface area contributed by atoms with Crippen LogP contribution >= 0.6 is 11.3 Å². The van der Waals surface area contributed by atoms with E-state index in [2.05, 4.69) is 96.3 Å². The number of carbonyl (C=O) groups is 2. The van der Waals surface area contributed by atoms with Gasteiger partial charge in [0.1, 0.15) is 4.88 Å². The molecule has 5 aliphatic carbocycles. The van der Waals surface area contributed by atoms with Gasteiger partial charge in [-0.3, -0.25) is 4.79 Å². The van der Waals surface area contributed by atoms with Crippen LogP contribution in [0.15, 0.2) is 30.9 Å². The van der Waals surface area contributed by atoms with Gasteiger partial charge in [0.05, 0.1) is 5.41 Å². The number of nitrogens with zero attached hydrogens (tertiary/aromatic N) is 1. The summed E-state index contributed by atoms with van der Waals surface area (Å²) < 4.78 is 0. The lowest BCUT2D eigenvalue weighted by molar-refractivity contribution is -0.151. The minimum atomic E-state index is -0.822. The van der Waals surface area contributed by atoms with Gasteiger partial charge in [0, 0.05) is 18.0 Å². The molecule has 1 aromatic rings. The van der Waals surface area contributed by atoms with Crippen LogP contribution in [0.25, 0.3) is 5.57 Å². The molecule has 0 saturated heterocycles. The molecular weight excluding hydrogens is 649 g/mol. The number of thiophene rings is 1. The highest BCUT2D eigenvalue weighted by Gasteiger charge is 2.62. The number of nitrogens with one attached hydrogen (secondary N) is 1. The fraction of sp³-hybridized carbons (Fsp3) is 0.644. The van der Waals surface area contributed by atoms with Crippen molar-refractivity contribution in [2.24, 2.45) is 51.8 Å². The van der Waals surface area contributed by atoms with Gasteiger partial charge < -0.3 is 15.3 Å². The van der Waals surface area contributed by atoms with Gasteiger partial charge in [-0.25, -0.2) is 4.79 Å². The Labute approximate surface area is 316 Å². The summed E-state index contributed by atoms with van der Waals surface area (Å²) in [6.45, 7) is 18.4. The highest BCUT2D eigenvalue weighted by Crippen LogP contribution is 2.69. The number of hydrogen-bond acceptors (Lipinski definition) is 4. The number of allylic oxidation sites excluding steroid dienone is 3. The number of hydrogen-bond donors (Lipinski definition) is 2. The second-order valence-corrected chi connectivity index (χ2v) is 16.6. The quantitative estimate of drug-likeness (QED) is 0.227. The first-order valence-electron chi connectivity index (χ1n) is 18.9. The van der Waals surface area contributed by atoms with Crippen LogP contribution in [-0.4, -0.2) is 49.1 Å². The van der Waals surface area contributed by atoms with E-state index in [1.807, 2.05) is 26.8 Å². The van der Waals surface area contributed by atoms with Crippen LogP contribution in [-0.2, 0) is 4.79 Å². The smallest absolute Gasteiger partial charge is 0.345 e. The van der Waals surface area contributed by atoms with E-state index in [0.717, 1.165) is 60.9 Å². The Hall–Kier alpha value is -3.24. The standard InChI is InChI=1S/C34H50N2O3S.C3H6.C2H6.3C2H2/c1-32(2)26(27-11-12-28(40-27)30(37)38)15-17-33(3)24-10-8-23-21(22(24)9-13-29(32)33)14-18-34(16-6-7-25(23)34)31(39)35-19-20-36(4)5;1-3-2;4*1-2/h11-12,15,21-25,29H,6-10,13-14,16-20H2,1-5H3,(H,35,39)(H,37,38);3H,1H2,2H3;1-2H3;3*1-2H/t21?,22?,23?,24?,25?,29?,33-,34+;;;;;/m1...../s1. The maximum Gasteiger partial charge on any atom is 0.345 e. The normalized spacial score (nSPS) is 31.8. The number of carboxylic acid groups (broad SMARTS) is 1. The van der Waals surface area contributed by atoms with E-state index >= 15 is 0 Å². The van der Waals surface area contributed by atoms with E-state index in [9.17, 15) is 14.7 Å². The summed E-state index contributed by atoms with van der Waals surface area (Å²) in [7, 11) is 4.15. The third-order valence-corrected chi connectivity index (χ3v) is 13.9. The lowest BCUT2D eigenvalue weighted by Crippen LogP contribution is -2.58. The van der Waals surface area contributed by atoms with Crippen molar-refractivity contribution >= 4 is 28.8 Å². The second-order valence-electron chi connectivity index (χ2n) is 15.5. The summed E-state index contributed by atoms with van der Waals surface area (Å²) in [6, 6.07) is 3.81. The van der Waals surface area contributed by atoms with Crippen LogP contribution < -0.4 is 5.32 Å². The van der Waals surface area contributed by atoms with Crippen LogP contribution in [0.4, 0.5) is 0 Å². The predicted octanol–water partition coefficient (Wildman–Crippen LogP) is 10.2. The van der Waals surface area contributed by atoms with Gasteiger partial charge in [0.2, 0.25) is 5.91 Å². The molecule has 282 valence electrons. The lowest BCUT2D eigenvalue weighted by Gasteiger charge is -2.64.